The van der Waals surface area contributed by atoms with Crippen LogP contribution in [0, 0.1) is 46.3 Å². The van der Waals surface area contributed by atoms with Crippen LogP contribution < -0.4 is 0 Å². The average Bonchev–Trinajstić information content (AvgIpc) is 2.46. The first-order chi connectivity index (χ1) is 11.0. The average molecular weight is 355 g/mol. The molecule has 2 N–H and O–H groups in total. The van der Waals surface area contributed by atoms with Crippen molar-refractivity contribution in [2.24, 2.45) is 46.3 Å². The van der Waals surface area contributed by atoms with Gasteiger partial charge in [0.1, 0.15) is 0 Å². The molecule has 2 aliphatic carbocycles. The molecule has 1 heteroatoms. The largest absolute Gasteiger partial charge is 0.412 e. The number of rotatable bonds is 3. The van der Waals surface area contributed by atoms with Crippen LogP contribution in [0.15, 0.2) is 0 Å². The molecule has 2 atom stereocenters. The molecule has 2 rings (SSSR count). The lowest BCUT2D eigenvalue weighted by molar-refractivity contribution is -0.0302. The zero-order chi connectivity index (χ0) is 18.1. The molecule has 2 unspecified atom stereocenters. The van der Waals surface area contributed by atoms with E-state index in [2.05, 4.69) is 55.4 Å². The summed E-state index contributed by atoms with van der Waals surface area (Å²) < 4.78 is 0. The Hall–Kier alpha value is -0.0400. The Bertz CT molecular complexity index is 360. The molecule has 0 spiro atoms. The summed E-state index contributed by atoms with van der Waals surface area (Å²) in [6, 6.07) is 0. The van der Waals surface area contributed by atoms with Gasteiger partial charge in [0.05, 0.1) is 0 Å². The number of hydrogen-bond acceptors (Lipinski definition) is 0. The highest BCUT2D eigenvalue weighted by Gasteiger charge is 2.46. The molecule has 25 heavy (non-hydrogen) atoms. The van der Waals surface area contributed by atoms with E-state index in [1.54, 1.807) is 0 Å². The zero-order valence-corrected chi connectivity index (χ0v) is 18.6. The van der Waals surface area contributed by atoms with E-state index in [-0.39, 0.29) is 6.90 Å². The predicted molar refractivity (Wildman–Crippen MR) is 114 cm³/mol. The SMILES string of the molecule is CCCC1CCC(C2CC(C(C)(C)C)C(C)C(C(C)(C)C)C2)CC1.O.[HH]. The van der Waals surface area contributed by atoms with Gasteiger partial charge in [0.15, 0.2) is 0 Å². The topological polar surface area (TPSA) is 31.5 Å². The fraction of sp³-hybridized carbons (Fsp3) is 1.00. The molecule has 0 aromatic carbocycles. The van der Waals surface area contributed by atoms with Gasteiger partial charge >= 0.3 is 0 Å². The predicted octanol–water partition coefficient (Wildman–Crippen LogP) is 7.38. The first kappa shape index (κ1) is 23.0. The Labute approximate surface area is 160 Å². The molecule has 2 saturated carbocycles. The first-order valence-corrected chi connectivity index (χ1v) is 11.0. The van der Waals surface area contributed by atoms with E-state index < -0.39 is 0 Å². The van der Waals surface area contributed by atoms with Crippen LogP contribution >= 0.6 is 0 Å². The van der Waals surface area contributed by atoms with Crippen molar-refractivity contribution in [3.8, 4) is 0 Å². The highest BCUT2D eigenvalue weighted by molar-refractivity contribution is 4.95. The standard InChI is InChI=1S/C24H46.H2O.H2/c1-9-10-18-11-13-19(14-12-18)20-15-21(23(3,4)5)17(2)22(16-20)24(6,7)8;;/h17-22H,9-16H2,1-8H3;1H2;1H. The number of hydrogen-bond donors (Lipinski definition) is 0. The third-order valence-electron chi connectivity index (χ3n) is 7.86. The van der Waals surface area contributed by atoms with E-state index in [9.17, 15) is 0 Å². The summed E-state index contributed by atoms with van der Waals surface area (Å²) >= 11 is 0. The summed E-state index contributed by atoms with van der Waals surface area (Å²) in [6.07, 6.45) is 11.9. The first-order valence-electron chi connectivity index (χ1n) is 11.0. The summed E-state index contributed by atoms with van der Waals surface area (Å²) in [5.74, 6) is 5.74. The third-order valence-corrected chi connectivity index (χ3v) is 7.86. The van der Waals surface area contributed by atoms with Gasteiger partial charge in [0.2, 0.25) is 0 Å². The Morgan fingerprint density at radius 2 is 1.20 bits per heavy atom. The van der Waals surface area contributed by atoms with Gasteiger partial charge in [-0.05, 0) is 72.0 Å². The summed E-state index contributed by atoms with van der Waals surface area (Å²) in [6.45, 7) is 19.9. The maximum atomic E-state index is 2.57. The fourth-order valence-corrected chi connectivity index (χ4v) is 6.48. The maximum Gasteiger partial charge on any atom is 0 e. The van der Waals surface area contributed by atoms with Gasteiger partial charge in [0, 0.05) is 1.43 Å². The fourth-order valence-electron chi connectivity index (χ4n) is 6.48. The molecule has 1 nitrogen and oxygen atoms in total. The molecule has 2 fully saturated rings. The van der Waals surface area contributed by atoms with Gasteiger partial charge in [-0.25, -0.2) is 0 Å². The molecule has 0 aromatic rings. The minimum Gasteiger partial charge on any atom is -0.412 e. The van der Waals surface area contributed by atoms with Gasteiger partial charge in [0.25, 0.3) is 0 Å². The van der Waals surface area contributed by atoms with Crippen molar-refractivity contribution in [3.05, 3.63) is 0 Å². The summed E-state index contributed by atoms with van der Waals surface area (Å²) in [4.78, 5) is 0. The molecule has 0 aliphatic heterocycles. The summed E-state index contributed by atoms with van der Waals surface area (Å²) in [5, 5.41) is 0. The van der Waals surface area contributed by atoms with E-state index in [1.807, 2.05) is 0 Å². The second-order valence-electron chi connectivity index (χ2n) is 11.6. The van der Waals surface area contributed by atoms with Gasteiger partial charge in [-0.3, -0.25) is 0 Å². The minimum atomic E-state index is 0. The lowest BCUT2D eigenvalue weighted by Gasteiger charge is -2.52. The van der Waals surface area contributed by atoms with Crippen LogP contribution in [0.3, 0.4) is 0 Å². The molecule has 152 valence electrons. The molecule has 0 heterocycles. The van der Waals surface area contributed by atoms with Crippen LogP contribution in [0.1, 0.15) is 108 Å². The van der Waals surface area contributed by atoms with E-state index in [4.69, 9.17) is 0 Å². The smallest absolute Gasteiger partial charge is 0 e. The summed E-state index contributed by atoms with van der Waals surface area (Å²) in [7, 11) is 0. The van der Waals surface area contributed by atoms with Crippen molar-refractivity contribution in [3.63, 3.8) is 0 Å². The van der Waals surface area contributed by atoms with E-state index in [0.29, 0.717) is 10.8 Å². The van der Waals surface area contributed by atoms with Crippen molar-refractivity contribution in [1.82, 2.24) is 0 Å². The second-order valence-corrected chi connectivity index (χ2v) is 11.6. The molecule has 0 bridgehead atoms. The molecule has 2 aliphatic rings. The van der Waals surface area contributed by atoms with Gasteiger partial charge < -0.3 is 5.48 Å². The molecule has 0 aromatic heterocycles. The molecular formula is C24H50O. The van der Waals surface area contributed by atoms with Gasteiger partial charge in [-0.2, -0.15) is 0 Å². The van der Waals surface area contributed by atoms with Crippen LogP contribution in [0.4, 0.5) is 0 Å². The van der Waals surface area contributed by atoms with Crippen LogP contribution in [-0.4, -0.2) is 5.48 Å². The molecular weight excluding hydrogens is 304 g/mol. The van der Waals surface area contributed by atoms with Crippen LogP contribution in [-0.2, 0) is 0 Å². The van der Waals surface area contributed by atoms with E-state index in [1.165, 1.54) is 51.4 Å². The third kappa shape index (κ3) is 5.72. The Balaban J connectivity index is 0.00000312. The second kappa shape index (κ2) is 8.77. The Kier molecular flexibility index (Phi) is 8.06. The van der Waals surface area contributed by atoms with Crippen LogP contribution in [0.2, 0.25) is 0 Å². The van der Waals surface area contributed by atoms with Gasteiger partial charge in [-0.15, -0.1) is 0 Å². The monoisotopic (exact) mass is 354 g/mol. The van der Waals surface area contributed by atoms with Crippen LogP contribution in [0.25, 0.3) is 0 Å². The maximum absolute atomic E-state index is 2.57. The molecule has 0 radical (unpaired) electrons. The normalized spacial score (nSPS) is 37.4. The summed E-state index contributed by atoms with van der Waals surface area (Å²) in [5.41, 5.74) is 0.919. The van der Waals surface area contributed by atoms with Crippen molar-refractivity contribution in [2.75, 3.05) is 0 Å². The Morgan fingerprint density at radius 3 is 1.56 bits per heavy atom. The minimum absolute atomic E-state index is 0. The zero-order valence-electron chi connectivity index (χ0n) is 18.6. The van der Waals surface area contributed by atoms with Gasteiger partial charge in [-0.1, -0.05) is 81.1 Å². The van der Waals surface area contributed by atoms with Crippen LogP contribution in [0.5, 0.6) is 0 Å². The highest BCUT2D eigenvalue weighted by Crippen LogP contribution is 2.54. The van der Waals surface area contributed by atoms with Crippen molar-refractivity contribution < 1.29 is 6.90 Å². The molecule has 0 amide bonds. The van der Waals surface area contributed by atoms with Crippen molar-refractivity contribution in [2.45, 2.75) is 107 Å². The molecule has 0 saturated heterocycles. The van der Waals surface area contributed by atoms with E-state index >= 15 is 0 Å². The van der Waals surface area contributed by atoms with E-state index in [0.717, 1.165) is 35.5 Å². The Morgan fingerprint density at radius 1 is 0.760 bits per heavy atom. The quantitative estimate of drug-likeness (QED) is 0.506. The highest BCUT2D eigenvalue weighted by atomic mass is 16.0. The van der Waals surface area contributed by atoms with Crippen molar-refractivity contribution in [1.29, 1.82) is 0 Å². The lowest BCUT2D eigenvalue weighted by atomic mass is 9.53. The van der Waals surface area contributed by atoms with Crippen molar-refractivity contribution >= 4 is 0 Å². The lowest BCUT2D eigenvalue weighted by Crippen LogP contribution is -2.44.